The molecule has 2 heterocycles. The van der Waals surface area contributed by atoms with Gasteiger partial charge in [-0.25, -0.2) is 9.37 Å². The molecule has 0 atom stereocenters. The first kappa shape index (κ1) is 19.2. The average Bonchev–Trinajstić information content (AvgIpc) is 2.78. The van der Waals surface area contributed by atoms with Gasteiger partial charge in [-0.3, -0.25) is 0 Å². The predicted molar refractivity (Wildman–Crippen MR) is 117 cm³/mol. The highest BCUT2D eigenvalue weighted by molar-refractivity contribution is 5.65. The molecule has 1 N–H and O–H groups in total. The largest absolute Gasteiger partial charge is 0.366 e. The monoisotopic (exact) mass is 391 g/mol. The van der Waals surface area contributed by atoms with Crippen LogP contribution in [0.3, 0.4) is 0 Å². The smallest absolute Gasteiger partial charge is 0.225 e. The number of anilines is 3. The van der Waals surface area contributed by atoms with Crippen molar-refractivity contribution in [3.8, 4) is 11.3 Å². The van der Waals surface area contributed by atoms with E-state index in [1.165, 1.54) is 6.07 Å². The fourth-order valence-corrected chi connectivity index (χ4v) is 3.55. The summed E-state index contributed by atoms with van der Waals surface area (Å²) in [5.74, 6) is 1.39. The lowest BCUT2D eigenvalue weighted by Gasteiger charge is -2.37. The minimum Gasteiger partial charge on any atom is -0.366 e. The Balaban J connectivity index is 1.55. The fourth-order valence-electron chi connectivity index (χ4n) is 3.55. The molecule has 1 aliphatic rings. The maximum atomic E-state index is 14.1. The van der Waals surface area contributed by atoms with Crippen LogP contribution in [0.2, 0.25) is 0 Å². The molecule has 3 aromatic rings. The summed E-state index contributed by atoms with van der Waals surface area (Å²) >= 11 is 0. The Labute approximate surface area is 171 Å². The Morgan fingerprint density at radius 1 is 0.897 bits per heavy atom. The summed E-state index contributed by atoms with van der Waals surface area (Å²) in [6, 6.07) is 19.2. The molecule has 0 aliphatic carbocycles. The van der Waals surface area contributed by atoms with Gasteiger partial charge in [0.15, 0.2) is 0 Å². The van der Waals surface area contributed by atoms with Crippen molar-refractivity contribution in [1.29, 1.82) is 0 Å². The zero-order chi connectivity index (χ0) is 20.1. The molecule has 1 aliphatic heterocycles. The number of nitrogens with one attached hydrogen (secondary N) is 1. The van der Waals surface area contributed by atoms with Crippen LogP contribution in [0.15, 0.2) is 60.7 Å². The van der Waals surface area contributed by atoms with E-state index in [-0.39, 0.29) is 5.82 Å². The molecule has 0 saturated carbocycles. The highest BCUT2D eigenvalue weighted by Gasteiger charge is 2.21. The second-order valence-corrected chi connectivity index (χ2v) is 7.15. The lowest BCUT2D eigenvalue weighted by Crippen LogP contribution is -2.47. The highest BCUT2D eigenvalue weighted by Crippen LogP contribution is 2.26. The van der Waals surface area contributed by atoms with Crippen molar-refractivity contribution in [3.63, 3.8) is 0 Å². The van der Waals surface area contributed by atoms with Crippen LogP contribution in [0.5, 0.6) is 0 Å². The van der Waals surface area contributed by atoms with Crippen LogP contribution in [-0.2, 0) is 0 Å². The second kappa shape index (κ2) is 8.90. The van der Waals surface area contributed by atoms with Gasteiger partial charge in [-0.2, -0.15) is 4.98 Å². The Bertz CT molecular complexity index is 939. The molecule has 4 rings (SSSR count). The molecule has 2 aromatic carbocycles. The van der Waals surface area contributed by atoms with Crippen LogP contribution in [0.1, 0.15) is 13.3 Å². The number of aromatic nitrogens is 2. The summed E-state index contributed by atoms with van der Waals surface area (Å²) in [6.45, 7) is 6.03. The summed E-state index contributed by atoms with van der Waals surface area (Å²) < 4.78 is 14.1. The Morgan fingerprint density at radius 3 is 2.31 bits per heavy atom. The van der Waals surface area contributed by atoms with Gasteiger partial charge >= 0.3 is 0 Å². The number of piperazine rings is 1. The summed E-state index contributed by atoms with van der Waals surface area (Å²) in [5, 5.41) is 3.32. The molecule has 1 fully saturated rings. The van der Waals surface area contributed by atoms with Crippen molar-refractivity contribution in [1.82, 2.24) is 9.97 Å². The second-order valence-electron chi connectivity index (χ2n) is 7.15. The van der Waals surface area contributed by atoms with E-state index in [0.717, 1.165) is 56.2 Å². The van der Waals surface area contributed by atoms with Gasteiger partial charge in [0.25, 0.3) is 0 Å². The third-order valence-corrected chi connectivity index (χ3v) is 5.11. The van der Waals surface area contributed by atoms with Crippen LogP contribution < -0.4 is 15.1 Å². The number of benzene rings is 2. The number of nitrogens with zero attached hydrogens (tertiary/aromatic N) is 4. The minimum absolute atomic E-state index is 0.166. The Morgan fingerprint density at radius 2 is 1.59 bits per heavy atom. The first-order chi connectivity index (χ1) is 14.2. The van der Waals surface area contributed by atoms with Crippen molar-refractivity contribution in [2.45, 2.75) is 13.3 Å². The van der Waals surface area contributed by atoms with E-state index in [4.69, 9.17) is 9.97 Å². The van der Waals surface area contributed by atoms with E-state index in [2.05, 4.69) is 34.2 Å². The van der Waals surface area contributed by atoms with E-state index in [9.17, 15) is 4.39 Å². The quantitative estimate of drug-likeness (QED) is 0.673. The van der Waals surface area contributed by atoms with Gasteiger partial charge in [-0.15, -0.1) is 0 Å². The first-order valence-electron chi connectivity index (χ1n) is 10.2. The molecule has 0 radical (unpaired) electrons. The van der Waals surface area contributed by atoms with Crippen molar-refractivity contribution >= 4 is 17.5 Å². The summed E-state index contributed by atoms with van der Waals surface area (Å²) in [6.07, 6.45) is 1.01. The predicted octanol–water partition coefficient (Wildman–Crippen LogP) is 4.43. The molecule has 150 valence electrons. The SMILES string of the molecule is CCCNc1nc(-c2ccccc2)cc(N2CCN(c3ccccc3F)CC2)n1. The van der Waals surface area contributed by atoms with E-state index >= 15 is 0 Å². The molecule has 1 aromatic heterocycles. The first-order valence-corrected chi connectivity index (χ1v) is 10.2. The van der Waals surface area contributed by atoms with E-state index in [1.807, 2.05) is 36.4 Å². The molecular formula is C23H26FN5. The molecule has 0 bridgehead atoms. The van der Waals surface area contributed by atoms with Gasteiger partial charge in [-0.05, 0) is 18.6 Å². The lowest BCUT2D eigenvalue weighted by molar-refractivity contribution is 0.596. The molecular weight excluding hydrogens is 365 g/mol. The van der Waals surface area contributed by atoms with Gasteiger partial charge in [0.05, 0.1) is 11.4 Å². The lowest BCUT2D eigenvalue weighted by atomic mass is 10.1. The van der Waals surface area contributed by atoms with Gasteiger partial charge in [0.2, 0.25) is 5.95 Å². The van der Waals surface area contributed by atoms with Crippen LogP contribution in [0.4, 0.5) is 21.8 Å². The molecule has 29 heavy (non-hydrogen) atoms. The van der Waals surface area contributed by atoms with Crippen molar-refractivity contribution in [2.24, 2.45) is 0 Å². The molecule has 6 heteroatoms. The zero-order valence-electron chi connectivity index (χ0n) is 16.7. The topological polar surface area (TPSA) is 44.3 Å². The Hall–Kier alpha value is -3.15. The van der Waals surface area contributed by atoms with Crippen LogP contribution in [-0.4, -0.2) is 42.7 Å². The number of hydrogen-bond acceptors (Lipinski definition) is 5. The standard InChI is InChI=1S/C23H26FN5/c1-2-12-25-23-26-20(18-8-4-3-5-9-18)17-22(27-23)29-15-13-28(14-16-29)21-11-7-6-10-19(21)24/h3-11,17H,2,12-16H2,1H3,(H,25,26,27). The molecule has 0 unspecified atom stereocenters. The number of hydrogen-bond donors (Lipinski definition) is 1. The van der Waals surface area contributed by atoms with Gasteiger partial charge in [-0.1, -0.05) is 49.4 Å². The third kappa shape index (κ3) is 4.47. The number of para-hydroxylation sites is 1. The van der Waals surface area contributed by atoms with Crippen molar-refractivity contribution < 1.29 is 4.39 Å². The van der Waals surface area contributed by atoms with Crippen LogP contribution >= 0.6 is 0 Å². The summed E-state index contributed by atoms with van der Waals surface area (Å²) in [4.78, 5) is 13.8. The van der Waals surface area contributed by atoms with E-state index in [1.54, 1.807) is 6.07 Å². The average molecular weight is 391 g/mol. The van der Waals surface area contributed by atoms with Gasteiger partial charge < -0.3 is 15.1 Å². The normalized spacial score (nSPS) is 14.1. The van der Waals surface area contributed by atoms with Crippen molar-refractivity contribution in [3.05, 3.63) is 66.5 Å². The highest BCUT2D eigenvalue weighted by atomic mass is 19.1. The Kier molecular flexibility index (Phi) is 5.89. The van der Waals surface area contributed by atoms with E-state index < -0.39 is 0 Å². The molecule has 1 saturated heterocycles. The fraction of sp³-hybridized carbons (Fsp3) is 0.304. The molecule has 0 spiro atoms. The van der Waals surface area contributed by atoms with Crippen LogP contribution in [0.25, 0.3) is 11.3 Å². The zero-order valence-corrected chi connectivity index (χ0v) is 16.7. The molecule has 5 nitrogen and oxygen atoms in total. The molecule has 0 amide bonds. The summed E-state index contributed by atoms with van der Waals surface area (Å²) in [5.41, 5.74) is 2.65. The summed E-state index contributed by atoms with van der Waals surface area (Å²) in [7, 11) is 0. The van der Waals surface area contributed by atoms with Crippen molar-refractivity contribution in [2.75, 3.05) is 47.8 Å². The maximum absolute atomic E-state index is 14.1. The minimum atomic E-state index is -0.166. The van der Waals surface area contributed by atoms with Gasteiger partial charge in [0, 0.05) is 44.4 Å². The van der Waals surface area contributed by atoms with Crippen LogP contribution in [0, 0.1) is 5.82 Å². The number of rotatable bonds is 6. The maximum Gasteiger partial charge on any atom is 0.225 e. The number of halogens is 1. The van der Waals surface area contributed by atoms with E-state index in [0.29, 0.717) is 11.6 Å². The third-order valence-electron chi connectivity index (χ3n) is 5.11. The van der Waals surface area contributed by atoms with Gasteiger partial charge in [0.1, 0.15) is 11.6 Å².